The van der Waals surface area contributed by atoms with E-state index in [0.29, 0.717) is 6.04 Å². The molecule has 1 aliphatic rings. The van der Waals surface area contributed by atoms with E-state index in [0.717, 1.165) is 19.4 Å². The van der Waals surface area contributed by atoms with Gasteiger partial charge in [0.05, 0.1) is 0 Å². The molecule has 0 aromatic heterocycles. The summed E-state index contributed by atoms with van der Waals surface area (Å²) in [6, 6.07) is 7.44. The minimum Gasteiger partial charge on any atom is -0.314 e. The van der Waals surface area contributed by atoms with Gasteiger partial charge in [-0.2, -0.15) is 0 Å². The zero-order valence-electron chi connectivity index (χ0n) is 10.5. The Morgan fingerprint density at radius 2 is 1.76 bits per heavy atom. The summed E-state index contributed by atoms with van der Waals surface area (Å²) in [4.78, 5) is 0. The van der Waals surface area contributed by atoms with Crippen LogP contribution in [0.3, 0.4) is 0 Å². The van der Waals surface area contributed by atoms with Crippen LogP contribution in [0, 0.1) is 5.82 Å². The molecule has 0 spiro atoms. The van der Waals surface area contributed by atoms with Crippen molar-refractivity contribution in [3.63, 3.8) is 0 Å². The summed E-state index contributed by atoms with van der Waals surface area (Å²) in [5.74, 6) is -0.160. The molecule has 2 heteroatoms. The zero-order valence-corrected chi connectivity index (χ0v) is 10.5. The number of hydrogen-bond donors (Lipinski definition) is 1. The van der Waals surface area contributed by atoms with E-state index in [9.17, 15) is 4.39 Å². The molecule has 0 amide bonds. The molecule has 0 heterocycles. The maximum absolute atomic E-state index is 13.0. The number of nitrogens with one attached hydrogen (secondary N) is 1. The molecule has 1 aromatic carbocycles. The summed E-state index contributed by atoms with van der Waals surface area (Å²) in [7, 11) is 0. The van der Waals surface area contributed by atoms with Gasteiger partial charge in [-0.25, -0.2) is 4.39 Å². The van der Waals surface area contributed by atoms with Gasteiger partial charge in [-0.15, -0.1) is 0 Å². The second kappa shape index (κ2) is 5.01. The van der Waals surface area contributed by atoms with Gasteiger partial charge in [-0.1, -0.05) is 38.1 Å². The number of hydrogen-bond acceptors (Lipinski definition) is 1. The van der Waals surface area contributed by atoms with Gasteiger partial charge >= 0.3 is 0 Å². The molecular formula is C15H20FN. The Hall–Kier alpha value is -1.15. The molecular weight excluding hydrogens is 213 g/mol. The van der Waals surface area contributed by atoms with Crippen LogP contribution in [0.15, 0.2) is 36.4 Å². The molecule has 17 heavy (non-hydrogen) atoms. The van der Waals surface area contributed by atoms with Crippen molar-refractivity contribution in [3.05, 3.63) is 47.8 Å². The van der Waals surface area contributed by atoms with E-state index in [1.165, 1.54) is 5.56 Å². The predicted octanol–water partition coefficient (Wildman–Crippen LogP) is 3.41. The van der Waals surface area contributed by atoms with Gasteiger partial charge in [-0.05, 0) is 30.5 Å². The third-order valence-corrected chi connectivity index (χ3v) is 3.49. The highest BCUT2D eigenvalue weighted by atomic mass is 19.1. The number of rotatable bonds is 4. The van der Waals surface area contributed by atoms with E-state index in [1.807, 2.05) is 12.1 Å². The monoisotopic (exact) mass is 233 g/mol. The first kappa shape index (κ1) is 12.3. The van der Waals surface area contributed by atoms with Crippen molar-refractivity contribution >= 4 is 0 Å². The number of allylic oxidation sites excluding steroid dienone is 2. The van der Waals surface area contributed by atoms with Crippen molar-refractivity contribution < 1.29 is 4.39 Å². The van der Waals surface area contributed by atoms with E-state index >= 15 is 0 Å². The van der Waals surface area contributed by atoms with Crippen LogP contribution in [0.5, 0.6) is 0 Å². The molecule has 2 rings (SSSR count). The first-order valence-electron chi connectivity index (χ1n) is 6.27. The van der Waals surface area contributed by atoms with Crippen LogP contribution in [-0.2, 0) is 5.41 Å². The molecule has 0 bridgehead atoms. The Bertz CT molecular complexity index is 384. The standard InChI is InChI=1S/C15H20FN/c1-12(2)17-11-15(9-3-4-10-15)13-5-7-14(16)8-6-13/h3-8,12,17H,9-11H2,1-2H3. The molecule has 1 N–H and O–H groups in total. The van der Waals surface area contributed by atoms with E-state index in [2.05, 4.69) is 31.3 Å². The Balaban J connectivity index is 2.19. The van der Waals surface area contributed by atoms with E-state index in [-0.39, 0.29) is 11.2 Å². The van der Waals surface area contributed by atoms with Crippen molar-refractivity contribution in [2.75, 3.05) is 6.54 Å². The van der Waals surface area contributed by atoms with Crippen LogP contribution in [0.4, 0.5) is 4.39 Å². The lowest BCUT2D eigenvalue weighted by atomic mass is 9.78. The van der Waals surface area contributed by atoms with Crippen LogP contribution >= 0.6 is 0 Å². The first-order valence-corrected chi connectivity index (χ1v) is 6.27. The van der Waals surface area contributed by atoms with Gasteiger partial charge in [0.2, 0.25) is 0 Å². The van der Waals surface area contributed by atoms with Gasteiger partial charge < -0.3 is 5.32 Å². The van der Waals surface area contributed by atoms with E-state index in [4.69, 9.17) is 0 Å². The molecule has 92 valence electrons. The highest BCUT2D eigenvalue weighted by Crippen LogP contribution is 2.36. The Kier molecular flexibility index (Phi) is 3.63. The summed E-state index contributed by atoms with van der Waals surface area (Å²) in [6.07, 6.45) is 6.54. The van der Waals surface area contributed by atoms with Gasteiger partial charge in [-0.3, -0.25) is 0 Å². The maximum Gasteiger partial charge on any atom is 0.123 e. The molecule has 1 aromatic rings. The van der Waals surface area contributed by atoms with Gasteiger partial charge in [0, 0.05) is 18.0 Å². The quantitative estimate of drug-likeness (QED) is 0.786. The SMILES string of the molecule is CC(C)NCC1(c2ccc(F)cc2)CC=CC1. The second-order valence-corrected chi connectivity index (χ2v) is 5.20. The number of benzene rings is 1. The third kappa shape index (κ3) is 2.75. The molecule has 0 atom stereocenters. The molecule has 0 unspecified atom stereocenters. The molecule has 0 fully saturated rings. The van der Waals surface area contributed by atoms with Crippen LogP contribution < -0.4 is 5.32 Å². The Morgan fingerprint density at radius 3 is 2.29 bits per heavy atom. The Morgan fingerprint density at radius 1 is 1.18 bits per heavy atom. The fourth-order valence-corrected chi connectivity index (χ4v) is 2.39. The second-order valence-electron chi connectivity index (χ2n) is 5.20. The minimum absolute atomic E-state index is 0.123. The van der Waals surface area contributed by atoms with Crippen molar-refractivity contribution in [1.29, 1.82) is 0 Å². The fraction of sp³-hybridized carbons (Fsp3) is 0.467. The molecule has 1 aliphatic carbocycles. The van der Waals surface area contributed by atoms with Crippen LogP contribution in [0.25, 0.3) is 0 Å². The van der Waals surface area contributed by atoms with Crippen LogP contribution in [-0.4, -0.2) is 12.6 Å². The highest BCUT2D eigenvalue weighted by molar-refractivity contribution is 5.31. The van der Waals surface area contributed by atoms with E-state index in [1.54, 1.807) is 12.1 Å². The molecule has 0 radical (unpaired) electrons. The topological polar surface area (TPSA) is 12.0 Å². The van der Waals surface area contributed by atoms with E-state index < -0.39 is 0 Å². The summed E-state index contributed by atoms with van der Waals surface area (Å²) < 4.78 is 13.0. The normalized spacial score (nSPS) is 17.9. The van der Waals surface area contributed by atoms with Crippen molar-refractivity contribution in [3.8, 4) is 0 Å². The van der Waals surface area contributed by atoms with Gasteiger partial charge in [0.25, 0.3) is 0 Å². The highest BCUT2D eigenvalue weighted by Gasteiger charge is 2.32. The predicted molar refractivity (Wildman–Crippen MR) is 69.6 cm³/mol. The molecule has 1 nitrogen and oxygen atoms in total. The average molecular weight is 233 g/mol. The summed E-state index contributed by atoms with van der Waals surface area (Å²) in [5.41, 5.74) is 1.36. The van der Waals surface area contributed by atoms with Gasteiger partial charge in [0.1, 0.15) is 5.82 Å². The van der Waals surface area contributed by atoms with Crippen molar-refractivity contribution in [2.24, 2.45) is 0 Å². The third-order valence-electron chi connectivity index (χ3n) is 3.49. The number of halogens is 1. The van der Waals surface area contributed by atoms with Crippen molar-refractivity contribution in [1.82, 2.24) is 5.32 Å². The molecule has 0 saturated carbocycles. The largest absolute Gasteiger partial charge is 0.314 e. The lowest BCUT2D eigenvalue weighted by Gasteiger charge is -2.31. The average Bonchev–Trinajstić information content (AvgIpc) is 2.77. The summed E-state index contributed by atoms with van der Waals surface area (Å²) >= 11 is 0. The fourth-order valence-electron chi connectivity index (χ4n) is 2.39. The lowest BCUT2D eigenvalue weighted by Crippen LogP contribution is -2.39. The smallest absolute Gasteiger partial charge is 0.123 e. The summed E-state index contributed by atoms with van der Waals surface area (Å²) in [5, 5.41) is 3.51. The minimum atomic E-state index is -0.160. The first-order chi connectivity index (χ1) is 8.12. The molecule has 0 saturated heterocycles. The van der Waals surface area contributed by atoms with Crippen LogP contribution in [0.1, 0.15) is 32.3 Å². The zero-order chi connectivity index (χ0) is 12.3. The summed E-state index contributed by atoms with van der Waals surface area (Å²) in [6.45, 7) is 5.25. The molecule has 0 aliphatic heterocycles. The van der Waals surface area contributed by atoms with Crippen molar-refractivity contribution in [2.45, 2.75) is 38.1 Å². The van der Waals surface area contributed by atoms with Crippen LogP contribution in [0.2, 0.25) is 0 Å². The van der Waals surface area contributed by atoms with Gasteiger partial charge in [0.15, 0.2) is 0 Å². The maximum atomic E-state index is 13.0. The Labute approximate surface area is 103 Å². The lowest BCUT2D eigenvalue weighted by molar-refractivity contribution is 0.398.